The minimum Gasteiger partial charge on any atom is -0.550 e. The van der Waals surface area contributed by atoms with Crippen LogP contribution < -0.4 is 15.7 Å². The summed E-state index contributed by atoms with van der Waals surface area (Å²) in [6.45, 7) is 0. The number of thiophene rings is 1. The minimum absolute atomic E-state index is 0.231. The molecule has 0 bridgehead atoms. The maximum atomic E-state index is 12.3. The summed E-state index contributed by atoms with van der Waals surface area (Å²) >= 11 is 12.9. The van der Waals surface area contributed by atoms with E-state index in [9.17, 15) is 19.5 Å². The van der Waals surface area contributed by atoms with Crippen molar-refractivity contribution in [3.8, 4) is 0 Å². The van der Waals surface area contributed by atoms with E-state index < -0.39 is 17.8 Å². The quantitative estimate of drug-likeness (QED) is 0.798. The fourth-order valence-electron chi connectivity index (χ4n) is 1.81. The van der Waals surface area contributed by atoms with Gasteiger partial charge in [0.15, 0.2) is 0 Å². The molecule has 0 unspecified atom stereocenters. The van der Waals surface area contributed by atoms with Crippen LogP contribution in [0.3, 0.4) is 0 Å². The van der Waals surface area contributed by atoms with Crippen LogP contribution in [0.25, 0.3) is 0 Å². The van der Waals surface area contributed by atoms with Crippen molar-refractivity contribution >= 4 is 63.0 Å². The minimum atomic E-state index is -1.31. The first-order valence-electron chi connectivity index (χ1n) is 6.70. The van der Waals surface area contributed by atoms with Gasteiger partial charge < -0.3 is 20.5 Å². The van der Waals surface area contributed by atoms with E-state index in [1.54, 1.807) is 11.4 Å². The Morgan fingerprint density at radius 3 is 2.33 bits per heavy atom. The molecule has 2 amide bonds. The molecule has 0 saturated carbocycles. The van der Waals surface area contributed by atoms with E-state index in [0.29, 0.717) is 20.7 Å². The summed E-state index contributed by atoms with van der Waals surface area (Å²) in [5, 5.41) is 18.2. The monoisotopic (exact) mass is 385 g/mol. The van der Waals surface area contributed by atoms with Crippen LogP contribution in [-0.4, -0.2) is 17.8 Å². The number of hydrogen-bond donors (Lipinski definition) is 2. The van der Waals surface area contributed by atoms with Crippen molar-refractivity contribution in [3.05, 3.63) is 45.3 Å². The standard InChI is InChI=1S/C15H12Cl2N2O4S/c16-8-5-9(17)7-10(6-8)18-14(23)11-3-4-24-15(11)19-12(20)1-2-13(21)22/h3-7H,1-2H2,(H,18,23)(H,19,20)(H,21,22)/p-1. The van der Waals surface area contributed by atoms with Crippen LogP contribution in [0.1, 0.15) is 23.2 Å². The van der Waals surface area contributed by atoms with Crippen LogP contribution in [0.5, 0.6) is 0 Å². The van der Waals surface area contributed by atoms with Gasteiger partial charge in [-0.1, -0.05) is 23.2 Å². The summed E-state index contributed by atoms with van der Waals surface area (Å²) in [5.41, 5.74) is 0.663. The van der Waals surface area contributed by atoms with Crippen molar-refractivity contribution < 1.29 is 19.5 Å². The van der Waals surface area contributed by atoms with Gasteiger partial charge in [-0.2, -0.15) is 0 Å². The lowest BCUT2D eigenvalue weighted by atomic mass is 10.2. The predicted molar refractivity (Wildman–Crippen MR) is 91.6 cm³/mol. The molecule has 2 rings (SSSR count). The Morgan fingerprint density at radius 1 is 1.04 bits per heavy atom. The Morgan fingerprint density at radius 2 is 1.71 bits per heavy atom. The maximum absolute atomic E-state index is 12.3. The Bertz CT molecular complexity index is 771. The molecular weight excluding hydrogens is 375 g/mol. The molecule has 6 nitrogen and oxygen atoms in total. The fraction of sp³-hybridized carbons (Fsp3) is 0.133. The van der Waals surface area contributed by atoms with E-state index in [4.69, 9.17) is 23.2 Å². The molecule has 24 heavy (non-hydrogen) atoms. The predicted octanol–water partition coefficient (Wildman–Crippen LogP) is 2.78. The van der Waals surface area contributed by atoms with Crippen molar-refractivity contribution in [1.82, 2.24) is 0 Å². The number of aliphatic carboxylic acids is 1. The number of carboxylic acid groups (broad SMARTS) is 1. The summed E-state index contributed by atoms with van der Waals surface area (Å²) in [5.74, 6) is -2.28. The first-order chi connectivity index (χ1) is 11.3. The fourth-order valence-corrected chi connectivity index (χ4v) is 3.14. The van der Waals surface area contributed by atoms with Gasteiger partial charge in [0, 0.05) is 28.1 Å². The molecule has 0 spiro atoms. The van der Waals surface area contributed by atoms with Gasteiger partial charge in [-0.3, -0.25) is 9.59 Å². The van der Waals surface area contributed by atoms with Gasteiger partial charge in [0.1, 0.15) is 5.00 Å². The number of rotatable bonds is 6. The molecule has 0 fully saturated rings. The molecule has 2 aromatic rings. The Labute approximate surface area is 151 Å². The lowest BCUT2D eigenvalue weighted by Gasteiger charge is -2.08. The second kappa shape index (κ2) is 8.14. The van der Waals surface area contributed by atoms with Gasteiger partial charge >= 0.3 is 0 Å². The van der Waals surface area contributed by atoms with Gasteiger partial charge in [-0.25, -0.2) is 0 Å². The number of nitrogens with one attached hydrogen (secondary N) is 2. The van der Waals surface area contributed by atoms with Crippen LogP contribution >= 0.6 is 34.5 Å². The van der Waals surface area contributed by atoms with E-state index in [1.165, 1.54) is 18.2 Å². The number of amides is 2. The molecule has 0 aliphatic rings. The zero-order valence-corrected chi connectivity index (χ0v) is 14.4. The number of anilines is 2. The first kappa shape index (κ1) is 18.3. The molecule has 9 heteroatoms. The molecule has 1 aromatic heterocycles. The van der Waals surface area contributed by atoms with E-state index in [1.807, 2.05) is 0 Å². The van der Waals surface area contributed by atoms with Gasteiger partial charge in [0.25, 0.3) is 5.91 Å². The zero-order valence-electron chi connectivity index (χ0n) is 12.1. The van der Waals surface area contributed by atoms with Gasteiger partial charge in [0.2, 0.25) is 5.91 Å². The smallest absolute Gasteiger partial charge is 0.258 e. The van der Waals surface area contributed by atoms with Crippen molar-refractivity contribution in [2.75, 3.05) is 10.6 Å². The molecule has 0 saturated heterocycles. The molecule has 1 aromatic carbocycles. The highest BCUT2D eigenvalue weighted by Crippen LogP contribution is 2.26. The lowest BCUT2D eigenvalue weighted by molar-refractivity contribution is -0.305. The zero-order chi connectivity index (χ0) is 17.7. The van der Waals surface area contributed by atoms with Crippen molar-refractivity contribution in [1.29, 1.82) is 0 Å². The molecule has 0 radical (unpaired) electrons. The van der Waals surface area contributed by atoms with E-state index in [0.717, 1.165) is 11.3 Å². The van der Waals surface area contributed by atoms with E-state index in [2.05, 4.69) is 10.6 Å². The molecule has 1 heterocycles. The number of hydrogen-bond acceptors (Lipinski definition) is 5. The molecule has 2 N–H and O–H groups in total. The Hall–Kier alpha value is -2.09. The second-order valence-corrected chi connectivity index (χ2v) is 6.48. The van der Waals surface area contributed by atoms with E-state index in [-0.39, 0.29) is 18.4 Å². The number of benzene rings is 1. The molecule has 126 valence electrons. The van der Waals surface area contributed by atoms with Gasteiger partial charge in [-0.15, -0.1) is 11.3 Å². The third kappa shape index (κ3) is 5.23. The molecule has 0 aliphatic heterocycles. The summed E-state index contributed by atoms with van der Waals surface area (Å²) in [6, 6.07) is 6.15. The Kier molecular flexibility index (Phi) is 6.19. The highest BCUT2D eigenvalue weighted by atomic mass is 35.5. The third-order valence-electron chi connectivity index (χ3n) is 2.84. The van der Waals surface area contributed by atoms with Crippen LogP contribution in [0.15, 0.2) is 29.6 Å². The van der Waals surface area contributed by atoms with Crippen LogP contribution in [-0.2, 0) is 9.59 Å². The van der Waals surface area contributed by atoms with Gasteiger partial charge in [0.05, 0.1) is 5.56 Å². The van der Waals surface area contributed by atoms with E-state index >= 15 is 0 Å². The molecule has 0 aliphatic carbocycles. The summed E-state index contributed by atoms with van der Waals surface area (Å²) in [7, 11) is 0. The van der Waals surface area contributed by atoms with Crippen molar-refractivity contribution in [2.24, 2.45) is 0 Å². The summed E-state index contributed by atoms with van der Waals surface area (Å²) in [6.07, 6.45) is -0.620. The number of carbonyl (C=O) groups excluding carboxylic acids is 3. The third-order valence-corrected chi connectivity index (χ3v) is 4.11. The van der Waals surface area contributed by atoms with Crippen molar-refractivity contribution in [2.45, 2.75) is 12.8 Å². The Balaban J connectivity index is 2.07. The average molecular weight is 386 g/mol. The SMILES string of the molecule is O=C([O-])CCC(=O)Nc1sccc1C(=O)Nc1cc(Cl)cc(Cl)c1. The highest BCUT2D eigenvalue weighted by molar-refractivity contribution is 7.14. The molecular formula is C15H11Cl2N2O4S-. The van der Waals surface area contributed by atoms with Crippen LogP contribution in [0, 0.1) is 0 Å². The number of halogens is 2. The number of carboxylic acids is 1. The van der Waals surface area contributed by atoms with Gasteiger partial charge in [-0.05, 0) is 36.1 Å². The normalized spacial score (nSPS) is 10.2. The average Bonchev–Trinajstić information content (AvgIpc) is 2.92. The molecule has 0 atom stereocenters. The lowest BCUT2D eigenvalue weighted by Crippen LogP contribution is -2.24. The summed E-state index contributed by atoms with van der Waals surface area (Å²) in [4.78, 5) is 34.4. The second-order valence-electron chi connectivity index (χ2n) is 4.70. The highest BCUT2D eigenvalue weighted by Gasteiger charge is 2.15. The number of carbonyl (C=O) groups is 3. The topological polar surface area (TPSA) is 98.3 Å². The maximum Gasteiger partial charge on any atom is 0.258 e. The largest absolute Gasteiger partial charge is 0.550 e. The van der Waals surface area contributed by atoms with Crippen LogP contribution in [0.2, 0.25) is 10.0 Å². The van der Waals surface area contributed by atoms with Crippen LogP contribution in [0.4, 0.5) is 10.7 Å². The van der Waals surface area contributed by atoms with Crippen molar-refractivity contribution in [3.63, 3.8) is 0 Å². The first-order valence-corrected chi connectivity index (χ1v) is 8.33. The summed E-state index contributed by atoms with van der Waals surface area (Å²) < 4.78 is 0.